The number of aryl methyl sites for hydroxylation is 1. The summed E-state index contributed by atoms with van der Waals surface area (Å²) in [5.41, 5.74) is -1.77. The van der Waals surface area contributed by atoms with Crippen LogP contribution in [0.25, 0.3) is 22.5 Å². The van der Waals surface area contributed by atoms with Crippen molar-refractivity contribution >= 4 is 9.84 Å². The molecule has 0 atom stereocenters. The van der Waals surface area contributed by atoms with Gasteiger partial charge in [-0.1, -0.05) is 0 Å². The Hall–Kier alpha value is -3.16. The second-order valence-corrected chi connectivity index (χ2v) is 8.83. The molecule has 14 heteroatoms. The predicted molar refractivity (Wildman–Crippen MR) is 98.9 cm³/mol. The lowest BCUT2D eigenvalue weighted by Crippen LogP contribution is -2.17. The number of halogens is 8. The van der Waals surface area contributed by atoms with E-state index in [1.807, 2.05) is 4.98 Å². The van der Waals surface area contributed by atoms with Crippen molar-refractivity contribution in [2.45, 2.75) is 24.4 Å². The first-order valence-corrected chi connectivity index (χ1v) is 10.6. The van der Waals surface area contributed by atoms with Crippen LogP contribution in [0.4, 0.5) is 35.1 Å². The van der Waals surface area contributed by atoms with Crippen molar-refractivity contribution in [2.24, 2.45) is 0 Å². The van der Waals surface area contributed by atoms with E-state index in [1.165, 1.54) is 6.92 Å². The first-order valence-electron chi connectivity index (χ1n) is 8.71. The highest BCUT2D eigenvalue weighted by molar-refractivity contribution is 7.90. The number of H-pyrrole nitrogens is 1. The van der Waals surface area contributed by atoms with Crippen LogP contribution in [0, 0.1) is 18.6 Å². The minimum Gasteiger partial charge on any atom is -0.406 e. The van der Waals surface area contributed by atoms with Gasteiger partial charge in [-0.25, -0.2) is 22.2 Å². The van der Waals surface area contributed by atoms with Crippen molar-refractivity contribution in [1.29, 1.82) is 0 Å². The molecule has 0 amide bonds. The van der Waals surface area contributed by atoms with Gasteiger partial charge in [0.2, 0.25) is 5.82 Å². The summed E-state index contributed by atoms with van der Waals surface area (Å²) < 4.78 is 133. The first-order chi connectivity index (χ1) is 15.0. The molecule has 0 bridgehead atoms. The molecule has 33 heavy (non-hydrogen) atoms. The monoisotopic (exact) mass is 500 g/mol. The zero-order valence-corrected chi connectivity index (χ0v) is 17.3. The van der Waals surface area contributed by atoms with E-state index in [4.69, 9.17) is 0 Å². The van der Waals surface area contributed by atoms with Crippen LogP contribution in [0.1, 0.15) is 11.4 Å². The summed E-state index contributed by atoms with van der Waals surface area (Å²) in [5.74, 6) is -5.27. The fourth-order valence-corrected chi connectivity index (χ4v) is 3.85. The van der Waals surface area contributed by atoms with E-state index in [0.29, 0.717) is 18.4 Å². The van der Waals surface area contributed by atoms with E-state index in [0.717, 1.165) is 18.2 Å². The Bertz CT molecular complexity index is 1300. The van der Waals surface area contributed by atoms with Gasteiger partial charge in [0.25, 0.3) is 0 Å². The standard InChI is InChI=1S/C19H12F8N2O3S/c1-8-5-9(3-4-13(8)32-19(25,26)27)14-15(29-17(28-14)18(22,23)24)10-6-11(20)16(12(21)7-10)33(2,30)31/h3-7H,1-2H3,(H,28,29). The molecule has 1 heterocycles. The number of nitrogens with one attached hydrogen (secondary N) is 1. The Morgan fingerprint density at radius 3 is 1.97 bits per heavy atom. The van der Waals surface area contributed by atoms with Crippen molar-refractivity contribution in [3.8, 4) is 28.3 Å². The summed E-state index contributed by atoms with van der Waals surface area (Å²) in [7, 11) is -4.33. The van der Waals surface area contributed by atoms with Gasteiger partial charge >= 0.3 is 12.5 Å². The Kier molecular flexibility index (Phi) is 5.94. The molecule has 0 spiro atoms. The maximum atomic E-state index is 14.3. The van der Waals surface area contributed by atoms with Crippen molar-refractivity contribution in [1.82, 2.24) is 9.97 Å². The maximum absolute atomic E-state index is 14.3. The number of ether oxygens (including phenoxy) is 1. The molecule has 3 aromatic rings. The second-order valence-electron chi connectivity index (χ2n) is 6.88. The second kappa shape index (κ2) is 8.01. The predicted octanol–water partition coefficient (Wildman–Crippen LogP) is 5.65. The van der Waals surface area contributed by atoms with Crippen molar-refractivity contribution < 1.29 is 48.3 Å². The molecule has 1 N–H and O–H groups in total. The fraction of sp³-hybridized carbons (Fsp3) is 0.211. The van der Waals surface area contributed by atoms with Crippen LogP contribution in [-0.4, -0.2) is 31.0 Å². The number of sulfone groups is 1. The molecule has 0 aliphatic rings. The highest BCUT2D eigenvalue weighted by Crippen LogP contribution is 2.38. The molecule has 178 valence electrons. The van der Waals surface area contributed by atoms with Crippen molar-refractivity contribution in [3.05, 3.63) is 53.4 Å². The van der Waals surface area contributed by atoms with E-state index in [-0.39, 0.29) is 11.1 Å². The number of aromatic amines is 1. The minimum absolute atomic E-state index is 0.104. The van der Waals surface area contributed by atoms with Gasteiger partial charge in [0.15, 0.2) is 9.84 Å². The summed E-state index contributed by atoms with van der Waals surface area (Å²) in [6.45, 7) is 1.20. The molecule has 3 rings (SSSR count). The maximum Gasteiger partial charge on any atom is 0.573 e. The Morgan fingerprint density at radius 2 is 1.52 bits per heavy atom. The molecule has 0 aliphatic carbocycles. The molecule has 0 saturated carbocycles. The molecule has 2 aromatic carbocycles. The third kappa shape index (κ3) is 5.26. The van der Waals surface area contributed by atoms with E-state index >= 15 is 0 Å². The smallest absolute Gasteiger partial charge is 0.406 e. The minimum atomic E-state index is -5.01. The van der Waals surface area contributed by atoms with Crippen molar-refractivity contribution in [3.63, 3.8) is 0 Å². The van der Waals surface area contributed by atoms with Crippen molar-refractivity contribution in [2.75, 3.05) is 6.26 Å². The molecule has 0 radical (unpaired) electrons. The number of rotatable bonds is 4. The molecule has 0 saturated heterocycles. The molecule has 0 fully saturated rings. The zero-order chi connectivity index (χ0) is 24.9. The zero-order valence-electron chi connectivity index (χ0n) is 16.5. The number of alkyl halides is 6. The Labute approximate surface area is 180 Å². The highest BCUT2D eigenvalue weighted by Gasteiger charge is 2.37. The summed E-state index contributed by atoms with van der Waals surface area (Å²) >= 11 is 0. The molecule has 0 aliphatic heterocycles. The molecular weight excluding hydrogens is 488 g/mol. The lowest BCUT2D eigenvalue weighted by Gasteiger charge is -2.12. The van der Waals surface area contributed by atoms with Gasteiger partial charge in [-0.15, -0.1) is 13.2 Å². The third-order valence-corrected chi connectivity index (χ3v) is 5.44. The van der Waals surface area contributed by atoms with Crippen LogP contribution in [0.2, 0.25) is 0 Å². The third-order valence-electron chi connectivity index (χ3n) is 4.30. The number of nitrogens with zero attached hydrogens (tertiary/aromatic N) is 1. The number of aromatic nitrogens is 2. The highest BCUT2D eigenvalue weighted by atomic mass is 32.2. The van der Waals surface area contributed by atoms with Gasteiger partial charge < -0.3 is 9.72 Å². The van der Waals surface area contributed by atoms with Gasteiger partial charge in [0.05, 0.1) is 11.4 Å². The van der Waals surface area contributed by atoms with Gasteiger partial charge in [0, 0.05) is 17.4 Å². The largest absolute Gasteiger partial charge is 0.573 e. The molecule has 0 unspecified atom stereocenters. The lowest BCUT2D eigenvalue weighted by molar-refractivity contribution is -0.274. The van der Waals surface area contributed by atoms with Gasteiger partial charge in [-0.05, 0) is 42.8 Å². The van der Waals surface area contributed by atoms with Crippen LogP contribution in [0.5, 0.6) is 5.75 Å². The van der Waals surface area contributed by atoms with Crippen LogP contribution < -0.4 is 4.74 Å². The Balaban J connectivity index is 2.22. The van der Waals surface area contributed by atoms with Crippen LogP contribution in [0.15, 0.2) is 35.2 Å². The molecule has 1 aromatic heterocycles. The van der Waals surface area contributed by atoms with Crippen LogP contribution in [0.3, 0.4) is 0 Å². The molecular formula is C19H12F8N2O3S. The number of benzene rings is 2. The summed E-state index contributed by atoms with van der Waals surface area (Å²) in [6, 6.07) is 3.88. The Morgan fingerprint density at radius 1 is 0.939 bits per heavy atom. The van der Waals surface area contributed by atoms with Crippen LogP contribution in [-0.2, 0) is 16.0 Å². The summed E-state index contributed by atoms with van der Waals surface area (Å²) in [6.07, 6.45) is -9.47. The average Bonchev–Trinajstić information content (AvgIpc) is 3.06. The quantitative estimate of drug-likeness (QED) is 0.470. The van der Waals surface area contributed by atoms with Crippen LogP contribution >= 0.6 is 0 Å². The summed E-state index contributed by atoms with van der Waals surface area (Å²) in [4.78, 5) is 4.02. The van der Waals surface area contributed by atoms with Gasteiger partial charge in [-0.2, -0.15) is 13.2 Å². The number of imidazole rings is 1. The summed E-state index contributed by atoms with van der Waals surface area (Å²) in [5, 5.41) is 0. The van der Waals surface area contributed by atoms with E-state index < -0.39 is 67.4 Å². The normalized spacial score (nSPS) is 12.8. The average molecular weight is 500 g/mol. The SMILES string of the molecule is Cc1cc(-c2[nH]c(C(F)(F)F)nc2-c2cc(F)c(S(C)(=O)=O)c(F)c2)ccc1OC(F)(F)F. The number of hydrogen-bond acceptors (Lipinski definition) is 4. The van der Waals surface area contributed by atoms with Gasteiger partial charge in [-0.3, -0.25) is 0 Å². The topological polar surface area (TPSA) is 72.0 Å². The van der Waals surface area contributed by atoms with E-state index in [1.54, 1.807) is 0 Å². The molecule has 5 nitrogen and oxygen atoms in total. The van der Waals surface area contributed by atoms with E-state index in [2.05, 4.69) is 9.72 Å². The number of hydrogen-bond donors (Lipinski definition) is 1. The van der Waals surface area contributed by atoms with E-state index in [9.17, 15) is 43.5 Å². The first kappa shape index (κ1) is 24.5. The van der Waals surface area contributed by atoms with Gasteiger partial charge in [0.1, 0.15) is 22.3 Å². The fourth-order valence-electron chi connectivity index (χ4n) is 3.02. The lowest BCUT2D eigenvalue weighted by atomic mass is 10.0.